The molecule has 28 heavy (non-hydrogen) atoms. The van der Waals surface area contributed by atoms with E-state index in [0.717, 1.165) is 11.1 Å². The lowest BCUT2D eigenvalue weighted by molar-refractivity contribution is -0.126. The normalized spacial score (nSPS) is 10.8. The number of hydrogen-bond donors (Lipinski definition) is 2. The number of para-hydroxylation sites is 2. The van der Waals surface area contributed by atoms with Gasteiger partial charge < -0.3 is 9.47 Å². The van der Waals surface area contributed by atoms with Crippen molar-refractivity contribution in [2.75, 3.05) is 14.2 Å². The van der Waals surface area contributed by atoms with Crippen LogP contribution in [0, 0.1) is 0 Å². The topological polar surface area (TPSA) is 101 Å². The zero-order valence-electron chi connectivity index (χ0n) is 15.7. The first-order chi connectivity index (χ1) is 13.6. The van der Waals surface area contributed by atoms with Crippen LogP contribution in [0.15, 0.2) is 58.7 Å². The SMILES string of the molecule is COc1ccccc1/C=N\NC(=O)CCC(=O)N/N=C/c1ccccc1OC. The van der Waals surface area contributed by atoms with E-state index in [1.807, 2.05) is 36.4 Å². The van der Waals surface area contributed by atoms with Crippen LogP contribution in [0.25, 0.3) is 0 Å². The molecule has 8 heteroatoms. The van der Waals surface area contributed by atoms with Crippen molar-refractivity contribution >= 4 is 24.2 Å². The van der Waals surface area contributed by atoms with Gasteiger partial charge in [0.05, 0.1) is 26.6 Å². The van der Waals surface area contributed by atoms with E-state index in [1.165, 1.54) is 12.4 Å². The molecule has 8 nitrogen and oxygen atoms in total. The monoisotopic (exact) mass is 382 g/mol. The van der Waals surface area contributed by atoms with Crippen LogP contribution in [0.1, 0.15) is 24.0 Å². The van der Waals surface area contributed by atoms with Gasteiger partial charge in [0.1, 0.15) is 11.5 Å². The number of hydrogen-bond acceptors (Lipinski definition) is 6. The first-order valence-electron chi connectivity index (χ1n) is 8.54. The van der Waals surface area contributed by atoms with Gasteiger partial charge in [0.15, 0.2) is 0 Å². The van der Waals surface area contributed by atoms with Crippen LogP contribution in [-0.2, 0) is 9.59 Å². The molecule has 0 spiro atoms. The van der Waals surface area contributed by atoms with Gasteiger partial charge in [-0.25, -0.2) is 10.9 Å². The highest BCUT2D eigenvalue weighted by molar-refractivity contribution is 5.88. The Balaban J connectivity index is 1.74. The molecule has 0 aromatic heterocycles. The molecule has 0 unspecified atom stereocenters. The predicted octanol–water partition coefficient (Wildman–Crippen LogP) is 2.08. The highest BCUT2D eigenvalue weighted by atomic mass is 16.5. The molecule has 0 aliphatic heterocycles. The second kappa shape index (κ2) is 11.1. The number of carbonyl (C=O) groups excluding carboxylic acids is 2. The summed E-state index contributed by atoms with van der Waals surface area (Å²) < 4.78 is 10.4. The van der Waals surface area contributed by atoms with Crippen LogP contribution in [0.5, 0.6) is 11.5 Å². The van der Waals surface area contributed by atoms with Gasteiger partial charge in [-0.3, -0.25) is 9.59 Å². The molecule has 0 heterocycles. The van der Waals surface area contributed by atoms with Gasteiger partial charge in [0.2, 0.25) is 11.8 Å². The Morgan fingerprint density at radius 3 is 1.57 bits per heavy atom. The maximum Gasteiger partial charge on any atom is 0.240 e. The van der Waals surface area contributed by atoms with E-state index in [4.69, 9.17) is 9.47 Å². The highest BCUT2D eigenvalue weighted by Crippen LogP contribution is 2.15. The number of hydrazone groups is 2. The van der Waals surface area contributed by atoms with E-state index in [9.17, 15) is 9.59 Å². The Hall–Kier alpha value is -3.68. The van der Waals surface area contributed by atoms with Gasteiger partial charge in [-0.1, -0.05) is 24.3 Å². The van der Waals surface area contributed by atoms with E-state index < -0.39 is 0 Å². The maximum absolute atomic E-state index is 11.8. The first kappa shape index (κ1) is 20.6. The summed E-state index contributed by atoms with van der Waals surface area (Å²) >= 11 is 0. The van der Waals surface area contributed by atoms with Crippen LogP contribution in [0.2, 0.25) is 0 Å². The number of nitrogens with one attached hydrogen (secondary N) is 2. The third kappa shape index (κ3) is 6.56. The molecule has 2 rings (SSSR count). The highest BCUT2D eigenvalue weighted by Gasteiger charge is 2.06. The second-order valence-corrected chi connectivity index (χ2v) is 5.57. The minimum absolute atomic E-state index is 0.0146. The summed E-state index contributed by atoms with van der Waals surface area (Å²) in [6.45, 7) is 0. The lowest BCUT2D eigenvalue weighted by Gasteiger charge is -2.04. The molecule has 0 radical (unpaired) electrons. The smallest absolute Gasteiger partial charge is 0.240 e. The van der Waals surface area contributed by atoms with Crippen molar-refractivity contribution in [1.82, 2.24) is 10.9 Å². The number of amides is 2. The van der Waals surface area contributed by atoms with E-state index in [2.05, 4.69) is 21.1 Å². The van der Waals surface area contributed by atoms with Crippen LogP contribution < -0.4 is 20.3 Å². The molecule has 0 fully saturated rings. The number of methoxy groups -OCH3 is 2. The molecule has 2 amide bonds. The Morgan fingerprint density at radius 2 is 1.18 bits per heavy atom. The maximum atomic E-state index is 11.8. The van der Waals surface area contributed by atoms with Gasteiger partial charge in [-0.15, -0.1) is 0 Å². The molecule has 2 aromatic carbocycles. The summed E-state index contributed by atoms with van der Waals surface area (Å²) in [5.41, 5.74) is 6.21. The van der Waals surface area contributed by atoms with Crippen molar-refractivity contribution in [3.05, 3.63) is 59.7 Å². The third-order valence-electron chi connectivity index (χ3n) is 3.64. The average molecular weight is 382 g/mol. The summed E-state index contributed by atoms with van der Waals surface area (Å²) in [6, 6.07) is 14.5. The predicted molar refractivity (Wildman–Crippen MR) is 107 cm³/mol. The Bertz CT molecular complexity index is 793. The third-order valence-corrected chi connectivity index (χ3v) is 3.64. The number of ether oxygens (including phenoxy) is 2. The van der Waals surface area contributed by atoms with Crippen molar-refractivity contribution in [3.63, 3.8) is 0 Å². The number of rotatable bonds is 9. The molecule has 0 saturated heterocycles. The Morgan fingerprint density at radius 1 is 0.786 bits per heavy atom. The lowest BCUT2D eigenvalue weighted by Crippen LogP contribution is -2.22. The van der Waals surface area contributed by atoms with Gasteiger partial charge in [0, 0.05) is 24.0 Å². The summed E-state index contributed by atoms with van der Waals surface area (Å²) in [5, 5.41) is 7.74. The molecule has 146 valence electrons. The quantitative estimate of drug-likeness (QED) is 0.512. The lowest BCUT2D eigenvalue weighted by atomic mass is 10.2. The number of carbonyl (C=O) groups is 2. The zero-order chi connectivity index (χ0) is 20.2. The van der Waals surface area contributed by atoms with E-state index in [1.54, 1.807) is 26.4 Å². The van der Waals surface area contributed by atoms with Crippen molar-refractivity contribution in [2.24, 2.45) is 10.2 Å². The molecule has 0 bridgehead atoms. The summed E-state index contributed by atoms with van der Waals surface area (Å²) in [5.74, 6) is 0.533. The van der Waals surface area contributed by atoms with Crippen molar-refractivity contribution in [1.29, 1.82) is 0 Å². The fraction of sp³-hybridized carbons (Fsp3) is 0.200. The summed E-state index contributed by atoms with van der Waals surface area (Å²) in [6.07, 6.45) is 2.93. The van der Waals surface area contributed by atoms with Crippen molar-refractivity contribution < 1.29 is 19.1 Å². The molecule has 0 aliphatic rings. The average Bonchev–Trinajstić information content (AvgIpc) is 2.73. The zero-order valence-corrected chi connectivity index (χ0v) is 15.7. The van der Waals surface area contributed by atoms with E-state index in [-0.39, 0.29) is 24.7 Å². The molecule has 2 N–H and O–H groups in total. The second-order valence-electron chi connectivity index (χ2n) is 5.57. The van der Waals surface area contributed by atoms with Crippen LogP contribution >= 0.6 is 0 Å². The van der Waals surface area contributed by atoms with E-state index in [0.29, 0.717) is 11.5 Å². The van der Waals surface area contributed by atoms with E-state index >= 15 is 0 Å². The molecule has 0 aliphatic carbocycles. The number of benzene rings is 2. The fourth-order valence-electron chi connectivity index (χ4n) is 2.23. The van der Waals surface area contributed by atoms with Crippen LogP contribution in [0.4, 0.5) is 0 Å². The molecule has 2 aromatic rings. The van der Waals surface area contributed by atoms with Gasteiger partial charge in [-0.2, -0.15) is 10.2 Å². The molecular formula is C20H22N4O4. The van der Waals surface area contributed by atoms with Crippen molar-refractivity contribution in [3.8, 4) is 11.5 Å². The van der Waals surface area contributed by atoms with Crippen LogP contribution in [0.3, 0.4) is 0 Å². The standard InChI is InChI=1S/C20H22N4O4/c1-27-17-9-5-3-7-15(17)13-21-23-19(25)11-12-20(26)24-22-14-16-8-4-6-10-18(16)28-2/h3-10,13-14H,11-12H2,1-2H3,(H,23,25)(H,24,26)/b21-13-,22-14+. The van der Waals surface area contributed by atoms with Crippen LogP contribution in [-0.4, -0.2) is 38.5 Å². The summed E-state index contributed by atoms with van der Waals surface area (Å²) in [7, 11) is 3.11. The Labute approximate surface area is 163 Å². The Kier molecular flexibility index (Phi) is 8.19. The van der Waals surface area contributed by atoms with Crippen molar-refractivity contribution in [2.45, 2.75) is 12.8 Å². The largest absolute Gasteiger partial charge is 0.496 e. The molecule has 0 saturated carbocycles. The molecular weight excluding hydrogens is 360 g/mol. The minimum Gasteiger partial charge on any atom is -0.496 e. The van der Waals surface area contributed by atoms with Gasteiger partial charge in [-0.05, 0) is 24.3 Å². The van der Waals surface area contributed by atoms with Gasteiger partial charge >= 0.3 is 0 Å². The van der Waals surface area contributed by atoms with Gasteiger partial charge in [0.25, 0.3) is 0 Å². The molecule has 0 atom stereocenters. The minimum atomic E-state index is -0.380. The fourth-order valence-corrected chi connectivity index (χ4v) is 2.23. The number of nitrogens with zero attached hydrogens (tertiary/aromatic N) is 2. The first-order valence-corrected chi connectivity index (χ1v) is 8.54. The summed E-state index contributed by atoms with van der Waals surface area (Å²) in [4.78, 5) is 23.6.